The van der Waals surface area contributed by atoms with E-state index in [1.807, 2.05) is 49.6 Å². The molecule has 7 heteroatoms. The third-order valence-corrected chi connectivity index (χ3v) is 6.64. The molecule has 0 aliphatic rings. The summed E-state index contributed by atoms with van der Waals surface area (Å²) in [6.07, 6.45) is 9.11. The van der Waals surface area contributed by atoms with Crippen LogP contribution < -0.4 is 5.32 Å². The first-order valence-corrected chi connectivity index (χ1v) is 14.6. The van der Waals surface area contributed by atoms with Gasteiger partial charge in [0.1, 0.15) is 5.69 Å². The van der Waals surface area contributed by atoms with Crippen LogP contribution in [0.3, 0.4) is 0 Å². The number of carbonyl (C=O) groups excluding carboxylic acids is 1. The zero-order valence-electron chi connectivity index (χ0n) is 24.8. The van der Waals surface area contributed by atoms with Crippen molar-refractivity contribution < 1.29 is 4.79 Å². The largest absolute Gasteiger partial charge is 0.340 e. The van der Waals surface area contributed by atoms with Gasteiger partial charge in [-0.2, -0.15) is 0 Å². The van der Waals surface area contributed by atoms with E-state index in [0.717, 1.165) is 48.4 Å². The molecule has 0 aliphatic carbocycles. The van der Waals surface area contributed by atoms with Crippen LogP contribution in [0.25, 0.3) is 22.3 Å². The first-order valence-electron chi connectivity index (χ1n) is 14.6. The second-order valence-electron chi connectivity index (χ2n) is 10.1. The number of nitrogens with one attached hydrogen (secondary N) is 1. The summed E-state index contributed by atoms with van der Waals surface area (Å²) in [5.41, 5.74) is 7.16. The molecule has 0 aliphatic heterocycles. The van der Waals surface area contributed by atoms with Crippen molar-refractivity contribution >= 4 is 5.91 Å². The number of hydrogen-bond donors (Lipinski definition) is 1. The molecule has 3 aromatic heterocycles. The van der Waals surface area contributed by atoms with E-state index in [2.05, 4.69) is 82.6 Å². The summed E-state index contributed by atoms with van der Waals surface area (Å²) in [4.78, 5) is 27.5. The predicted octanol–water partition coefficient (Wildman–Crippen LogP) is 6.78. The molecular formula is C35H40N6O. The second kappa shape index (κ2) is 16.0. The number of benzene rings is 2. The summed E-state index contributed by atoms with van der Waals surface area (Å²) < 4.78 is 1.78. The lowest BCUT2D eigenvalue weighted by Gasteiger charge is -2.21. The van der Waals surface area contributed by atoms with E-state index in [0.29, 0.717) is 18.8 Å². The average Bonchev–Trinajstić information content (AvgIpc) is 3.48. The Morgan fingerprint density at radius 3 is 1.90 bits per heavy atom. The maximum atomic E-state index is 12.7. The quantitative estimate of drug-likeness (QED) is 0.180. The van der Waals surface area contributed by atoms with E-state index in [4.69, 9.17) is 0 Å². The highest BCUT2D eigenvalue weighted by molar-refractivity contribution is 5.92. The molecule has 0 saturated heterocycles. The third-order valence-electron chi connectivity index (χ3n) is 6.64. The molecule has 2 aromatic carbocycles. The molecule has 7 nitrogen and oxygen atoms in total. The SMILES string of the molecule is CCCN(Cc1cc(-c2ccccc2)ccn1)C(=O)c1cn(C)cn1.CCCNCc1cc(-c2ccccc2)ccn1. The van der Waals surface area contributed by atoms with Crippen molar-refractivity contribution in [2.45, 2.75) is 39.8 Å². The number of rotatable bonds is 11. The lowest BCUT2D eigenvalue weighted by atomic mass is 10.1. The number of aryl methyl sites for hydroxylation is 1. The van der Waals surface area contributed by atoms with E-state index >= 15 is 0 Å². The number of nitrogens with zero attached hydrogens (tertiary/aromatic N) is 5. The molecule has 5 aromatic rings. The molecule has 216 valence electrons. The van der Waals surface area contributed by atoms with Gasteiger partial charge in [0.15, 0.2) is 0 Å². The molecule has 1 N–H and O–H groups in total. The molecule has 0 bridgehead atoms. The smallest absolute Gasteiger partial charge is 0.274 e. The average molecular weight is 561 g/mol. The summed E-state index contributed by atoms with van der Waals surface area (Å²) in [5, 5.41) is 3.37. The molecular weight excluding hydrogens is 520 g/mol. The Hall–Kier alpha value is -4.62. The fraction of sp³-hybridized carbons (Fsp3) is 0.257. The van der Waals surface area contributed by atoms with Crippen molar-refractivity contribution in [1.82, 2.24) is 29.7 Å². The Morgan fingerprint density at radius 2 is 1.36 bits per heavy atom. The molecule has 0 saturated carbocycles. The Bertz CT molecular complexity index is 1520. The highest BCUT2D eigenvalue weighted by Gasteiger charge is 2.18. The van der Waals surface area contributed by atoms with Crippen LogP contribution in [-0.2, 0) is 20.1 Å². The number of imidazole rings is 1. The summed E-state index contributed by atoms with van der Waals surface area (Å²) in [6.45, 7) is 7.26. The molecule has 0 fully saturated rings. The minimum atomic E-state index is -0.0608. The fourth-order valence-electron chi connectivity index (χ4n) is 4.56. The fourth-order valence-corrected chi connectivity index (χ4v) is 4.56. The van der Waals surface area contributed by atoms with Crippen molar-refractivity contribution in [3.05, 3.63) is 127 Å². The van der Waals surface area contributed by atoms with E-state index in [1.165, 1.54) is 11.1 Å². The third kappa shape index (κ3) is 8.94. The molecule has 5 rings (SSSR count). The summed E-state index contributed by atoms with van der Waals surface area (Å²) in [5.74, 6) is -0.0608. The number of amides is 1. The van der Waals surface area contributed by atoms with Gasteiger partial charge in [-0.15, -0.1) is 0 Å². The Morgan fingerprint density at radius 1 is 0.762 bits per heavy atom. The van der Waals surface area contributed by atoms with E-state index in [9.17, 15) is 4.79 Å². The first-order chi connectivity index (χ1) is 20.6. The van der Waals surface area contributed by atoms with E-state index < -0.39 is 0 Å². The van der Waals surface area contributed by atoms with Gasteiger partial charge >= 0.3 is 0 Å². The van der Waals surface area contributed by atoms with Gasteiger partial charge in [-0.1, -0.05) is 74.5 Å². The van der Waals surface area contributed by atoms with Crippen LogP contribution in [-0.4, -0.2) is 43.4 Å². The molecule has 1 amide bonds. The Labute approximate surface area is 249 Å². The molecule has 0 atom stereocenters. The van der Waals surface area contributed by atoms with Gasteiger partial charge in [0.25, 0.3) is 5.91 Å². The number of aromatic nitrogens is 4. The first kappa shape index (κ1) is 30.3. The standard InChI is InChI=1S/C20H22N4O.C15H18N2/c1-3-11-24(20(25)19-14-23(2)15-22-19)13-18-12-17(9-10-21-18)16-7-5-4-6-8-16;1-2-9-16-12-15-11-14(8-10-17-15)13-6-4-3-5-7-13/h4-10,12,14-15H,3,11,13H2,1-2H3;3-8,10-11,16H,2,9,12H2,1H3. The highest BCUT2D eigenvalue weighted by atomic mass is 16.2. The maximum Gasteiger partial charge on any atom is 0.274 e. The van der Waals surface area contributed by atoms with Gasteiger partial charge in [0.2, 0.25) is 0 Å². The molecule has 3 heterocycles. The molecule has 42 heavy (non-hydrogen) atoms. The van der Waals surface area contributed by atoms with Crippen LogP contribution in [0.2, 0.25) is 0 Å². The molecule has 0 spiro atoms. The molecule has 0 unspecified atom stereocenters. The van der Waals surface area contributed by atoms with Crippen LogP contribution in [0.4, 0.5) is 0 Å². The van der Waals surface area contributed by atoms with Gasteiger partial charge in [-0.3, -0.25) is 14.8 Å². The maximum absolute atomic E-state index is 12.7. The van der Waals surface area contributed by atoms with Gasteiger partial charge in [0, 0.05) is 38.7 Å². The normalized spacial score (nSPS) is 10.5. The van der Waals surface area contributed by atoms with Crippen molar-refractivity contribution in [1.29, 1.82) is 0 Å². The lowest BCUT2D eigenvalue weighted by Crippen LogP contribution is -2.31. The van der Waals surface area contributed by atoms with Crippen molar-refractivity contribution in [3.63, 3.8) is 0 Å². The minimum Gasteiger partial charge on any atom is -0.340 e. The lowest BCUT2D eigenvalue weighted by molar-refractivity contribution is 0.0735. The van der Waals surface area contributed by atoms with E-state index in [1.54, 1.807) is 28.2 Å². The van der Waals surface area contributed by atoms with Gasteiger partial charge < -0.3 is 14.8 Å². The number of carbonyl (C=O) groups is 1. The van der Waals surface area contributed by atoms with Crippen LogP contribution in [0.15, 0.2) is 110 Å². The summed E-state index contributed by atoms with van der Waals surface area (Å²) in [6, 6.07) is 28.8. The van der Waals surface area contributed by atoms with Crippen molar-refractivity contribution in [2.75, 3.05) is 13.1 Å². The monoisotopic (exact) mass is 560 g/mol. The van der Waals surface area contributed by atoms with Crippen LogP contribution in [0.5, 0.6) is 0 Å². The zero-order chi connectivity index (χ0) is 29.6. The summed E-state index contributed by atoms with van der Waals surface area (Å²) in [7, 11) is 1.86. The topological polar surface area (TPSA) is 75.9 Å². The second-order valence-corrected chi connectivity index (χ2v) is 10.1. The van der Waals surface area contributed by atoms with Gasteiger partial charge in [-0.05, 0) is 65.9 Å². The van der Waals surface area contributed by atoms with Crippen LogP contribution >= 0.6 is 0 Å². The van der Waals surface area contributed by atoms with Gasteiger partial charge in [0.05, 0.1) is 24.3 Å². The highest BCUT2D eigenvalue weighted by Crippen LogP contribution is 2.20. The number of hydrogen-bond acceptors (Lipinski definition) is 5. The van der Waals surface area contributed by atoms with Crippen LogP contribution in [0.1, 0.15) is 48.6 Å². The number of pyridine rings is 2. The van der Waals surface area contributed by atoms with Crippen molar-refractivity contribution in [2.24, 2.45) is 7.05 Å². The predicted molar refractivity (Wildman–Crippen MR) is 170 cm³/mol. The van der Waals surface area contributed by atoms with Crippen molar-refractivity contribution in [3.8, 4) is 22.3 Å². The summed E-state index contributed by atoms with van der Waals surface area (Å²) >= 11 is 0. The zero-order valence-corrected chi connectivity index (χ0v) is 24.8. The van der Waals surface area contributed by atoms with Crippen LogP contribution in [0, 0.1) is 0 Å². The minimum absolute atomic E-state index is 0.0608. The van der Waals surface area contributed by atoms with Gasteiger partial charge in [-0.25, -0.2) is 4.98 Å². The molecule has 0 radical (unpaired) electrons. The van der Waals surface area contributed by atoms with E-state index in [-0.39, 0.29) is 5.91 Å². The Kier molecular flexibility index (Phi) is 11.5. The Balaban J connectivity index is 0.000000208.